The minimum Gasteiger partial charge on any atom is -0.393 e. The molecule has 1 aromatic heterocycles. The number of nitrogens with two attached hydrogens (primary N) is 1. The molecule has 12 heteroatoms. The van der Waals surface area contributed by atoms with Crippen LogP contribution in [0.25, 0.3) is 0 Å². The first-order valence-corrected chi connectivity index (χ1v) is 6.15. The molecule has 0 atom stereocenters. The van der Waals surface area contributed by atoms with Gasteiger partial charge < -0.3 is 10.6 Å². The average molecular weight is 346 g/mol. The van der Waals surface area contributed by atoms with Crippen LogP contribution < -0.4 is 21.8 Å². The molecule has 0 saturated heterocycles. The molecule has 0 saturated carbocycles. The van der Waals surface area contributed by atoms with Gasteiger partial charge in [0, 0.05) is 25.2 Å². The molecule has 1 aromatic carbocycles. The summed E-state index contributed by atoms with van der Waals surface area (Å²) in [5.74, 6) is -0.239. The van der Waals surface area contributed by atoms with Gasteiger partial charge in [-0.25, -0.2) is 4.79 Å². The first-order chi connectivity index (χ1) is 11.0. The minimum atomic E-state index is -4.90. The minimum absolute atomic E-state index is 0.0792. The van der Waals surface area contributed by atoms with Crippen LogP contribution in [0.2, 0.25) is 0 Å². The monoisotopic (exact) mass is 346 g/mol. The van der Waals surface area contributed by atoms with Crippen LogP contribution in [0.15, 0.2) is 33.9 Å². The van der Waals surface area contributed by atoms with Gasteiger partial charge in [-0.3, -0.25) is 19.5 Å². The molecule has 128 valence electrons. The number of anilines is 1. The summed E-state index contributed by atoms with van der Waals surface area (Å²) < 4.78 is 38.4. The van der Waals surface area contributed by atoms with Gasteiger partial charge in [0.2, 0.25) is 0 Å². The van der Waals surface area contributed by atoms with Crippen molar-refractivity contribution in [3.05, 3.63) is 60.9 Å². The fraction of sp³-hybridized carbons (Fsp3) is 0.167. The lowest BCUT2D eigenvalue weighted by molar-refractivity contribution is -0.383. The standard InChI is InChI=1S/C12H9F3N4O5/c1-17-9(12(13,14)15)5-10(20)18(11(17)21)24-6-2-3-8(19(22)23)7(16)4-6/h2-5H,16H2,1H3. The molecular formula is C12H9F3N4O5. The molecule has 0 bridgehead atoms. The first kappa shape index (κ1) is 17.1. The van der Waals surface area contributed by atoms with Crippen molar-refractivity contribution in [2.75, 3.05) is 5.73 Å². The van der Waals surface area contributed by atoms with Gasteiger partial charge in [0.15, 0.2) is 5.75 Å². The second-order valence-corrected chi connectivity index (χ2v) is 4.57. The average Bonchev–Trinajstić information content (AvgIpc) is 2.45. The number of rotatable bonds is 3. The number of nitro groups is 1. The molecule has 24 heavy (non-hydrogen) atoms. The van der Waals surface area contributed by atoms with Crippen LogP contribution in [0.4, 0.5) is 24.5 Å². The van der Waals surface area contributed by atoms with Crippen LogP contribution in [-0.4, -0.2) is 14.2 Å². The molecule has 0 aliphatic heterocycles. The number of hydrogen-bond donors (Lipinski definition) is 1. The highest BCUT2D eigenvalue weighted by molar-refractivity contribution is 5.60. The van der Waals surface area contributed by atoms with E-state index in [0.29, 0.717) is 0 Å². The zero-order valence-corrected chi connectivity index (χ0v) is 11.9. The van der Waals surface area contributed by atoms with E-state index in [4.69, 9.17) is 10.6 Å². The van der Waals surface area contributed by atoms with Crippen molar-refractivity contribution in [2.45, 2.75) is 6.18 Å². The van der Waals surface area contributed by atoms with Gasteiger partial charge in [-0.2, -0.15) is 13.2 Å². The van der Waals surface area contributed by atoms with E-state index < -0.39 is 33.7 Å². The van der Waals surface area contributed by atoms with E-state index in [2.05, 4.69) is 0 Å². The zero-order valence-electron chi connectivity index (χ0n) is 11.9. The van der Waals surface area contributed by atoms with Gasteiger partial charge in [0.25, 0.3) is 11.2 Å². The number of nitro benzene ring substituents is 1. The Morgan fingerprint density at radius 2 is 1.88 bits per heavy atom. The fourth-order valence-electron chi connectivity index (χ4n) is 1.82. The van der Waals surface area contributed by atoms with E-state index in [0.717, 1.165) is 25.2 Å². The molecule has 9 nitrogen and oxygen atoms in total. The molecule has 2 N–H and O–H groups in total. The van der Waals surface area contributed by atoms with Gasteiger partial charge in [-0.05, 0) is 6.07 Å². The van der Waals surface area contributed by atoms with E-state index >= 15 is 0 Å². The van der Waals surface area contributed by atoms with Crippen molar-refractivity contribution in [3.8, 4) is 5.75 Å². The molecule has 0 spiro atoms. The molecule has 0 aliphatic carbocycles. The quantitative estimate of drug-likeness (QED) is 0.500. The van der Waals surface area contributed by atoms with Crippen molar-refractivity contribution in [1.82, 2.24) is 9.30 Å². The third-order valence-electron chi connectivity index (χ3n) is 2.97. The molecule has 0 amide bonds. The second-order valence-electron chi connectivity index (χ2n) is 4.57. The van der Waals surface area contributed by atoms with Gasteiger partial charge >= 0.3 is 11.9 Å². The third kappa shape index (κ3) is 3.06. The van der Waals surface area contributed by atoms with Gasteiger partial charge in [-0.1, -0.05) is 4.73 Å². The van der Waals surface area contributed by atoms with E-state index in [1.807, 2.05) is 0 Å². The Hall–Kier alpha value is -3.31. The van der Waals surface area contributed by atoms with Gasteiger partial charge in [0.05, 0.1) is 4.92 Å². The zero-order chi connectivity index (χ0) is 18.2. The molecule has 0 fully saturated rings. The number of halogens is 3. The lowest BCUT2D eigenvalue weighted by Crippen LogP contribution is -2.43. The third-order valence-corrected chi connectivity index (χ3v) is 2.97. The molecule has 0 unspecified atom stereocenters. The number of hydrogen-bond acceptors (Lipinski definition) is 6. The van der Waals surface area contributed by atoms with E-state index in [-0.39, 0.29) is 26.8 Å². The number of nitrogens with zero attached hydrogens (tertiary/aromatic N) is 3. The smallest absolute Gasteiger partial charge is 0.393 e. The lowest BCUT2D eigenvalue weighted by atomic mass is 10.2. The topological polar surface area (TPSA) is 122 Å². The van der Waals surface area contributed by atoms with Crippen LogP contribution in [0.5, 0.6) is 5.75 Å². The number of alkyl halides is 3. The van der Waals surface area contributed by atoms with Gasteiger partial charge in [0.1, 0.15) is 11.4 Å². The molecule has 1 heterocycles. The number of nitrogen functional groups attached to an aromatic ring is 1. The van der Waals surface area contributed by atoms with Crippen LogP contribution in [0.1, 0.15) is 5.69 Å². The van der Waals surface area contributed by atoms with E-state index in [1.54, 1.807) is 0 Å². The summed E-state index contributed by atoms with van der Waals surface area (Å²) in [7, 11) is 0.814. The Labute approximate surface area is 130 Å². The summed E-state index contributed by atoms with van der Waals surface area (Å²) in [6.45, 7) is 0. The summed E-state index contributed by atoms with van der Waals surface area (Å²) in [6, 6.07) is 3.15. The Morgan fingerprint density at radius 1 is 1.25 bits per heavy atom. The van der Waals surface area contributed by atoms with Crippen molar-refractivity contribution in [2.24, 2.45) is 7.05 Å². The number of aromatic nitrogens is 2. The van der Waals surface area contributed by atoms with Crippen LogP contribution in [0.3, 0.4) is 0 Å². The van der Waals surface area contributed by atoms with Crippen molar-refractivity contribution >= 4 is 11.4 Å². The Kier molecular flexibility index (Phi) is 4.06. The summed E-state index contributed by atoms with van der Waals surface area (Å²) in [6.07, 6.45) is -4.90. The highest BCUT2D eigenvalue weighted by atomic mass is 19.4. The summed E-state index contributed by atoms with van der Waals surface area (Å²) >= 11 is 0. The predicted molar refractivity (Wildman–Crippen MR) is 74.5 cm³/mol. The molecule has 0 radical (unpaired) electrons. The van der Waals surface area contributed by atoms with Crippen LogP contribution in [0, 0.1) is 10.1 Å². The maximum absolute atomic E-state index is 12.7. The molecule has 2 rings (SSSR count). The highest BCUT2D eigenvalue weighted by Crippen LogP contribution is 2.27. The Bertz CT molecular complexity index is 932. The number of benzene rings is 1. The highest BCUT2D eigenvalue weighted by Gasteiger charge is 2.35. The molecular weight excluding hydrogens is 337 g/mol. The van der Waals surface area contributed by atoms with Crippen LogP contribution in [-0.2, 0) is 13.2 Å². The summed E-state index contributed by atoms with van der Waals surface area (Å²) in [4.78, 5) is 38.4. The Morgan fingerprint density at radius 3 is 2.38 bits per heavy atom. The SMILES string of the molecule is Cn1c(C(F)(F)F)cc(=O)n(Oc2ccc([N+](=O)[O-])c(N)c2)c1=O. The maximum Gasteiger partial charge on any atom is 0.431 e. The van der Waals surface area contributed by atoms with Crippen molar-refractivity contribution in [1.29, 1.82) is 0 Å². The lowest BCUT2D eigenvalue weighted by Gasteiger charge is -2.14. The largest absolute Gasteiger partial charge is 0.431 e. The molecule has 0 aliphatic rings. The Balaban J connectivity index is 2.50. The predicted octanol–water partition coefficient (Wildman–Crippen LogP) is 0.898. The van der Waals surface area contributed by atoms with Crippen molar-refractivity contribution in [3.63, 3.8) is 0 Å². The second kappa shape index (κ2) is 5.72. The van der Waals surface area contributed by atoms with E-state index in [9.17, 15) is 32.9 Å². The van der Waals surface area contributed by atoms with Crippen molar-refractivity contribution < 1.29 is 22.9 Å². The fourth-order valence-corrected chi connectivity index (χ4v) is 1.82. The maximum atomic E-state index is 12.7. The summed E-state index contributed by atoms with van der Waals surface area (Å²) in [5.41, 5.74) is 0.491. The first-order valence-electron chi connectivity index (χ1n) is 6.15. The summed E-state index contributed by atoms with van der Waals surface area (Å²) in [5, 5.41) is 10.6. The normalized spacial score (nSPS) is 11.3. The van der Waals surface area contributed by atoms with Gasteiger partial charge in [-0.15, -0.1) is 0 Å². The van der Waals surface area contributed by atoms with E-state index in [1.165, 1.54) is 0 Å². The molecule has 2 aromatic rings. The van der Waals surface area contributed by atoms with Crippen LogP contribution >= 0.6 is 0 Å².